The van der Waals surface area contributed by atoms with Crippen molar-refractivity contribution in [3.63, 3.8) is 0 Å². The van der Waals surface area contributed by atoms with E-state index in [1.54, 1.807) is 24.3 Å². The zero-order chi connectivity index (χ0) is 18.0. The van der Waals surface area contributed by atoms with Gasteiger partial charge in [-0.1, -0.05) is 25.6 Å². The summed E-state index contributed by atoms with van der Waals surface area (Å²) in [6, 6.07) is 7.05. The standard InChI is InChI=1S/C18H16N4O3/c1-3-10(2)17(23)22-12-6-4-5-11(7-12)15-14-13(18(24)25)8-19-16(14)21-9-20-15/h4-9H,2-3H2,1H3,(H,22,23)(H,24,25)(H,19,20,21). The minimum atomic E-state index is -1.06. The molecule has 3 rings (SSSR count). The van der Waals surface area contributed by atoms with Crippen molar-refractivity contribution in [2.24, 2.45) is 0 Å². The molecular weight excluding hydrogens is 320 g/mol. The van der Waals surface area contributed by atoms with Crippen LogP contribution >= 0.6 is 0 Å². The number of carboxylic acid groups (broad SMARTS) is 1. The number of aromatic carboxylic acids is 1. The number of hydrogen-bond acceptors (Lipinski definition) is 4. The van der Waals surface area contributed by atoms with Gasteiger partial charge in [0.25, 0.3) is 5.91 Å². The van der Waals surface area contributed by atoms with Crippen molar-refractivity contribution in [3.05, 3.63) is 54.5 Å². The lowest BCUT2D eigenvalue weighted by Gasteiger charge is -2.09. The molecule has 0 atom stereocenters. The molecule has 0 unspecified atom stereocenters. The Hall–Kier alpha value is -3.48. The topological polar surface area (TPSA) is 108 Å². The van der Waals surface area contributed by atoms with Crippen LogP contribution in [-0.2, 0) is 4.79 Å². The Morgan fingerprint density at radius 1 is 1.32 bits per heavy atom. The number of aromatic nitrogens is 3. The normalized spacial score (nSPS) is 10.6. The van der Waals surface area contributed by atoms with E-state index in [2.05, 4.69) is 26.8 Å². The number of nitrogens with one attached hydrogen (secondary N) is 2. The highest BCUT2D eigenvalue weighted by atomic mass is 16.4. The average molecular weight is 336 g/mol. The van der Waals surface area contributed by atoms with Gasteiger partial charge in [-0.2, -0.15) is 0 Å². The number of nitrogens with zero attached hydrogens (tertiary/aromatic N) is 2. The number of amides is 1. The third-order valence-corrected chi connectivity index (χ3v) is 3.84. The molecule has 2 heterocycles. The smallest absolute Gasteiger partial charge is 0.338 e. The van der Waals surface area contributed by atoms with E-state index in [9.17, 15) is 14.7 Å². The molecule has 0 aliphatic carbocycles. The van der Waals surface area contributed by atoms with Crippen LogP contribution in [0.2, 0.25) is 0 Å². The number of aromatic amines is 1. The summed E-state index contributed by atoms with van der Waals surface area (Å²) >= 11 is 0. The molecule has 1 aromatic carbocycles. The van der Waals surface area contributed by atoms with E-state index in [0.717, 1.165) is 0 Å². The second-order valence-electron chi connectivity index (χ2n) is 5.45. The number of H-pyrrole nitrogens is 1. The van der Waals surface area contributed by atoms with E-state index in [1.807, 2.05) is 6.92 Å². The molecule has 0 spiro atoms. The zero-order valence-electron chi connectivity index (χ0n) is 13.5. The van der Waals surface area contributed by atoms with Crippen molar-refractivity contribution in [1.82, 2.24) is 15.0 Å². The van der Waals surface area contributed by atoms with E-state index in [1.165, 1.54) is 12.5 Å². The van der Waals surface area contributed by atoms with Crippen LogP contribution in [0, 0.1) is 0 Å². The number of rotatable bonds is 5. The Morgan fingerprint density at radius 2 is 2.12 bits per heavy atom. The van der Waals surface area contributed by atoms with Crippen molar-refractivity contribution in [1.29, 1.82) is 0 Å². The molecule has 0 radical (unpaired) electrons. The fourth-order valence-electron chi connectivity index (χ4n) is 2.47. The predicted octanol–water partition coefficient (Wildman–Crippen LogP) is 3.23. The lowest BCUT2D eigenvalue weighted by molar-refractivity contribution is -0.112. The van der Waals surface area contributed by atoms with Crippen LogP contribution in [0.25, 0.3) is 22.3 Å². The van der Waals surface area contributed by atoms with Crippen molar-refractivity contribution >= 4 is 28.6 Å². The molecule has 0 fully saturated rings. The molecule has 0 bridgehead atoms. The Balaban J connectivity index is 2.06. The van der Waals surface area contributed by atoms with Gasteiger partial charge >= 0.3 is 5.97 Å². The molecule has 25 heavy (non-hydrogen) atoms. The summed E-state index contributed by atoms with van der Waals surface area (Å²) in [6.45, 7) is 5.57. The number of hydrogen-bond donors (Lipinski definition) is 3. The molecular formula is C18H16N4O3. The SMILES string of the molecule is C=C(CC)C(=O)Nc1cccc(-c2ncnc3[nH]cc(C(=O)O)c23)c1. The highest BCUT2D eigenvalue weighted by Crippen LogP contribution is 2.29. The fourth-order valence-corrected chi connectivity index (χ4v) is 2.47. The van der Waals surface area contributed by atoms with Crippen LogP contribution in [0.15, 0.2) is 48.9 Å². The molecule has 0 aliphatic heterocycles. The lowest BCUT2D eigenvalue weighted by Crippen LogP contribution is -2.13. The van der Waals surface area contributed by atoms with Crippen LogP contribution in [-0.4, -0.2) is 31.9 Å². The highest BCUT2D eigenvalue weighted by molar-refractivity contribution is 6.08. The summed E-state index contributed by atoms with van der Waals surface area (Å²) in [7, 11) is 0. The van der Waals surface area contributed by atoms with E-state index in [-0.39, 0.29) is 11.5 Å². The van der Waals surface area contributed by atoms with E-state index in [4.69, 9.17) is 0 Å². The molecule has 7 nitrogen and oxygen atoms in total. The van der Waals surface area contributed by atoms with Crippen molar-refractivity contribution < 1.29 is 14.7 Å². The molecule has 3 aromatic rings. The minimum absolute atomic E-state index is 0.0967. The summed E-state index contributed by atoms with van der Waals surface area (Å²) in [4.78, 5) is 34.6. The maximum atomic E-state index is 12.0. The van der Waals surface area contributed by atoms with E-state index >= 15 is 0 Å². The van der Waals surface area contributed by atoms with Crippen LogP contribution in [0.5, 0.6) is 0 Å². The first kappa shape index (κ1) is 16.4. The summed E-state index contributed by atoms with van der Waals surface area (Å²) in [5.74, 6) is -1.31. The summed E-state index contributed by atoms with van der Waals surface area (Å²) in [5.41, 5.74) is 2.75. The zero-order valence-corrected chi connectivity index (χ0v) is 13.5. The first-order valence-corrected chi connectivity index (χ1v) is 7.66. The van der Waals surface area contributed by atoms with Gasteiger partial charge in [0.15, 0.2) is 0 Å². The lowest BCUT2D eigenvalue weighted by atomic mass is 10.1. The van der Waals surface area contributed by atoms with Gasteiger partial charge in [0.2, 0.25) is 0 Å². The van der Waals surface area contributed by atoms with Crippen molar-refractivity contribution in [3.8, 4) is 11.3 Å². The van der Waals surface area contributed by atoms with Gasteiger partial charge in [0, 0.05) is 23.0 Å². The minimum Gasteiger partial charge on any atom is -0.478 e. The third-order valence-electron chi connectivity index (χ3n) is 3.84. The highest BCUT2D eigenvalue weighted by Gasteiger charge is 2.17. The molecule has 0 aliphatic rings. The summed E-state index contributed by atoms with van der Waals surface area (Å²) in [6.07, 6.45) is 3.31. The third kappa shape index (κ3) is 3.12. The van der Waals surface area contributed by atoms with E-state index in [0.29, 0.717) is 40.0 Å². The Bertz CT molecular complexity index is 991. The van der Waals surface area contributed by atoms with Gasteiger partial charge in [-0.25, -0.2) is 14.8 Å². The maximum Gasteiger partial charge on any atom is 0.338 e. The molecule has 0 saturated carbocycles. The Kier molecular flexibility index (Phi) is 4.30. The molecule has 126 valence electrons. The van der Waals surface area contributed by atoms with Crippen LogP contribution < -0.4 is 5.32 Å². The molecule has 3 N–H and O–H groups in total. The second-order valence-corrected chi connectivity index (χ2v) is 5.45. The van der Waals surface area contributed by atoms with E-state index < -0.39 is 5.97 Å². The largest absolute Gasteiger partial charge is 0.478 e. The quantitative estimate of drug-likeness (QED) is 0.620. The molecule has 1 amide bonds. The van der Waals surface area contributed by atoms with Crippen LogP contribution in [0.4, 0.5) is 5.69 Å². The number of fused-ring (bicyclic) bond motifs is 1. The first-order valence-electron chi connectivity index (χ1n) is 7.66. The number of carbonyl (C=O) groups is 2. The average Bonchev–Trinajstić information content (AvgIpc) is 3.05. The monoisotopic (exact) mass is 336 g/mol. The Morgan fingerprint density at radius 3 is 2.84 bits per heavy atom. The van der Waals surface area contributed by atoms with Crippen molar-refractivity contribution in [2.75, 3.05) is 5.32 Å². The number of carboxylic acids is 1. The fraction of sp³-hybridized carbons (Fsp3) is 0.111. The number of benzene rings is 1. The van der Waals surface area contributed by atoms with Crippen LogP contribution in [0.3, 0.4) is 0 Å². The maximum absolute atomic E-state index is 12.0. The predicted molar refractivity (Wildman–Crippen MR) is 94.3 cm³/mol. The van der Waals surface area contributed by atoms with Gasteiger partial charge in [0.05, 0.1) is 16.6 Å². The van der Waals surface area contributed by atoms with Gasteiger partial charge < -0.3 is 15.4 Å². The summed E-state index contributed by atoms with van der Waals surface area (Å²) in [5, 5.41) is 12.6. The number of carbonyl (C=O) groups excluding carboxylic acids is 1. The van der Waals surface area contributed by atoms with Gasteiger partial charge in [0.1, 0.15) is 12.0 Å². The number of anilines is 1. The van der Waals surface area contributed by atoms with Gasteiger partial charge in [-0.05, 0) is 18.6 Å². The molecule has 0 saturated heterocycles. The molecule has 7 heteroatoms. The Labute approximate surface area is 143 Å². The van der Waals surface area contributed by atoms with Gasteiger partial charge in [-0.3, -0.25) is 4.79 Å². The van der Waals surface area contributed by atoms with Crippen LogP contribution in [0.1, 0.15) is 23.7 Å². The van der Waals surface area contributed by atoms with Crippen molar-refractivity contribution in [2.45, 2.75) is 13.3 Å². The molecule has 2 aromatic heterocycles. The first-order chi connectivity index (χ1) is 12.0. The summed E-state index contributed by atoms with van der Waals surface area (Å²) < 4.78 is 0. The van der Waals surface area contributed by atoms with Gasteiger partial charge in [-0.15, -0.1) is 0 Å². The second kappa shape index (κ2) is 6.56.